The Kier molecular flexibility index (Phi) is 2.36. The van der Waals surface area contributed by atoms with E-state index in [0.717, 1.165) is 0 Å². The molecule has 1 aromatic rings. The lowest BCUT2D eigenvalue weighted by Crippen LogP contribution is -1.97. The van der Waals surface area contributed by atoms with Gasteiger partial charge in [-0.05, 0) is 12.5 Å². The number of nitrogen functional groups attached to an aromatic ring is 1. The van der Waals surface area contributed by atoms with Crippen molar-refractivity contribution < 1.29 is 9.66 Å². The summed E-state index contributed by atoms with van der Waals surface area (Å²) in [5, 5.41) is 10.4. The van der Waals surface area contributed by atoms with Crippen molar-refractivity contribution in [2.75, 3.05) is 12.8 Å². The van der Waals surface area contributed by atoms with Crippen molar-refractivity contribution in [3.8, 4) is 5.75 Å². The highest BCUT2D eigenvalue weighted by atomic mass is 16.6. The number of nitro benzene ring substituents is 1. The van der Waals surface area contributed by atoms with E-state index in [0.29, 0.717) is 17.0 Å². The van der Waals surface area contributed by atoms with E-state index in [4.69, 9.17) is 10.5 Å². The Morgan fingerprint density at radius 3 is 2.62 bits per heavy atom. The van der Waals surface area contributed by atoms with E-state index in [1.165, 1.54) is 19.2 Å². The van der Waals surface area contributed by atoms with Gasteiger partial charge in [0.25, 0.3) is 5.69 Å². The summed E-state index contributed by atoms with van der Waals surface area (Å²) in [7, 11) is 1.43. The largest absolute Gasteiger partial charge is 0.494 e. The van der Waals surface area contributed by atoms with Crippen LogP contribution in [0, 0.1) is 17.0 Å². The first-order valence-corrected chi connectivity index (χ1v) is 3.64. The molecule has 5 nitrogen and oxygen atoms in total. The molecule has 0 heterocycles. The van der Waals surface area contributed by atoms with E-state index in [1.54, 1.807) is 6.92 Å². The number of benzene rings is 1. The van der Waals surface area contributed by atoms with E-state index in [2.05, 4.69) is 0 Å². The first-order chi connectivity index (χ1) is 6.06. The van der Waals surface area contributed by atoms with Gasteiger partial charge in [-0.25, -0.2) is 0 Å². The highest BCUT2D eigenvalue weighted by molar-refractivity contribution is 5.62. The third-order valence-corrected chi connectivity index (χ3v) is 1.76. The van der Waals surface area contributed by atoms with Crippen molar-refractivity contribution in [3.63, 3.8) is 0 Å². The minimum Gasteiger partial charge on any atom is -0.494 e. The summed E-state index contributed by atoms with van der Waals surface area (Å²) in [6.07, 6.45) is 0. The molecule has 0 saturated carbocycles. The molecule has 0 amide bonds. The highest BCUT2D eigenvalue weighted by Crippen LogP contribution is 2.29. The van der Waals surface area contributed by atoms with E-state index >= 15 is 0 Å². The lowest BCUT2D eigenvalue weighted by Gasteiger charge is -2.06. The summed E-state index contributed by atoms with van der Waals surface area (Å²) in [6.45, 7) is 1.70. The summed E-state index contributed by atoms with van der Waals surface area (Å²) < 4.78 is 4.89. The number of ether oxygens (including phenoxy) is 1. The Balaban J connectivity index is 3.30. The van der Waals surface area contributed by atoms with Crippen molar-refractivity contribution in [3.05, 3.63) is 27.8 Å². The zero-order valence-corrected chi connectivity index (χ0v) is 7.40. The highest BCUT2D eigenvalue weighted by Gasteiger charge is 2.12. The second-order valence-corrected chi connectivity index (χ2v) is 2.64. The molecule has 0 aliphatic rings. The average molecular weight is 182 g/mol. The van der Waals surface area contributed by atoms with Gasteiger partial charge in [-0.15, -0.1) is 0 Å². The van der Waals surface area contributed by atoms with E-state index in [9.17, 15) is 10.1 Å². The number of non-ortho nitro benzene ring substituents is 1. The molecule has 0 spiro atoms. The van der Waals surface area contributed by atoms with Gasteiger partial charge in [0, 0.05) is 6.07 Å². The van der Waals surface area contributed by atoms with Crippen LogP contribution in [-0.2, 0) is 0 Å². The number of hydrogen-bond donors (Lipinski definition) is 1. The third kappa shape index (κ3) is 1.69. The van der Waals surface area contributed by atoms with Gasteiger partial charge in [-0.3, -0.25) is 10.1 Å². The maximum Gasteiger partial charge on any atom is 0.273 e. The van der Waals surface area contributed by atoms with E-state index < -0.39 is 4.92 Å². The zero-order chi connectivity index (χ0) is 10.0. The number of nitrogens with two attached hydrogens (primary N) is 1. The molecule has 1 aromatic carbocycles. The summed E-state index contributed by atoms with van der Waals surface area (Å²) in [5.74, 6) is 0.340. The van der Waals surface area contributed by atoms with Crippen LogP contribution < -0.4 is 10.5 Å². The van der Waals surface area contributed by atoms with Crippen LogP contribution in [0.15, 0.2) is 12.1 Å². The maximum atomic E-state index is 10.4. The maximum absolute atomic E-state index is 10.4. The SMILES string of the molecule is COc1cc([N+](=O)[O-])cc(C)c1N. The van der Waals surface area contributed by atoms with Gasteiger partial charge in [0.15, 0.2) is 0 Å². The van der Waals surface area contributed by atoms with Crippen LogP contribution in [0.1, 0.15) is 5.56 Å². The lowest BCUT2D eigenvalue weighted by molar-refractivity contribution is -0.385. The number of hydrogen-bond acceptors (Lipinski definition) is 4. The molecule has 0 aromatic heterocycles. The van der Waals surface area contributed by atoms with E-state index in [1.807, 2.05) is 0 Å². The van der Waals surface area contributed by atoms with Gasteiger partial charge in [-0.2, -0.15) is 0 Å². The van der Waals surface area contributed by atoms with E-state index in [-0.39, 0.29) is 5.69 Å². The molecular formula is C8H10N2O3. The molecule has 2 N–H and O–H groups in total. The van der Waals surface area contributed by atoms with Crippen LogP contribution >= 0.6 is 0 Å². The molecule has 0 radical (unpaired) electrons. The van der Waals surface area contributed by atoms with Crippen LogP contribution in [0.2, 0.25) is 0 Å². The quantitative estimate of drug-likeness (QED) is 0.427. The number of anilines is 1. The molecule has 5 heteroatoms. The molecule has 0 saturated heterocycles. The molecule has 0 aliphatic carbocycles. The van der Waals surface area contributed by atoms with Crippen molar-refractivity contribution in [2.45, 2.75) is 6.92 Å². The molecule has 1 rings (SSSR count). The first-order valence-electron chi connectivity index (χ1n) is 3.64. The molecule has 0 fully saturated rings. The fraction of sp³-hybridized carbons (Fsp3) is 0.250. The topological polar surface area (TPSA) is 78.4 Å². The van der Waals surface area contributed by atoms with Crippen LogP contribution in [-0.4, -0.2) is 12.0 Å². The van der Waals surface area contributed by atoms with Crippen LogP contribution in [0.25, 0.3) is 0 Å². The van der Waals surface area contributed by atoms with Crippen molar-refractivity contribution in [1.29, 1.82) is 0 Å². The third-order valence-electron chi connectivity index (χ3n) is 1.76. The van der Waals surface area contributed by atoms with Crippen LogP contribution in [0.4, 0.5) is 11.4 Å². The number of aryl methyl sites for hydroxylation is 1. The summed E-state index contributed by atoms with van der Waals surface area (Å²) in [5.41, 5.74) is 6.69. The van der Waals surface area contributed by atoms with Crippen molar-refractivity contribution in [1.82, 2.24) is 0 Å². The van der Waals surface area contributed by atoms with Gasteiger partial charge >= 0.3 is 0 Å². The van der Waals surface area contributed by atoms with Gasteiger partial charge in [-0.1, -0.05) is 0 Å². The fourth-order valence-electron chi connectivity index (χ4n) is 1.02. The van der Waals surface area contributed by atoms with Gasteiger partial charge in [0.1, 0.15) is 5.75 Å². The molecule has 0 unspecified atom stereocenters. The Hall–Kier alpha value is -1.78. The average Bonchev–Trinajstić information content (AvgIpc) is 2.09. The second-order valence-electron chi connectivity index (χ2n) is 2.64. The molecule has 0 aliphatic heterocycles. The minimum absolute atomic E-state index is 0.0106. The monoisotopic (exact) mass is 182 g/mol. The molecule has 0 atom stereocenters. The Labute approximate surface area is 75.3 Å². The molecule has 13 heavy (non-hydrogen) atoms. The molecule has 70 valence electrons. The standard InChI is InChI=1S/C8H10N2O3/c1-5-3-6(10(11)12)4-7(13-2)8(5)9/h3-4H,9H2,1-2H3. The van der Waals surface area contributed by atoms with Crippen molar-refractivity contribution in [2.24, 2.45) is 0 Å². The first kappa shape index (κ1) is 9.31. The van der Waals surface area contributed by atoms with Gasteiger partial charge < -0.3 is 10.5 Å². The number of nitrogens with zero attached hydrogens (tertiary/aromatic N) is 1. The molecule has 0 bridgehead atoms. The summed E-state index contributed by atoms with van der Waals surface area (Å²) >= 11 is 0. The Morgan fingerprint density at radius 1 is 1.54 bits per heavy atom. The predicted octanol–water partition coefficient (Wildman–Crippen LogP) is 1.49. The smallest absolute Gasteiger partial charge is 0.273 e. The van der Waals surface area contributed by atoms with Crippen LogP contribution in [0.3, 0.4) is 0 Å². The zero-order valence-electron chi connectivity index (χ0n) is 7.40. The van der Waals surface area contributed by atoms with Crippen LogP contribution in [0.5, 0.6) is 5.75 Å². The van der Waals surface area contributed by atoms with Gasteiger partial charge in [0.2, 0.25) is 0 Å². The second kappa shape index (κ2) is 3.30. The predicted molar refractivity (Wildman–Crippen MR) is 48.8 cm³/mol. The van der Waals surface area contributed by atoms with Gasteiger partial charge in [0.05, 0.1) is 23.8 Å². The summed E-state index contributed by atoms with van der Waals surface area (Å²) in [6, 6.07) is 2.72. The Bertz CT molecular complexity index is 349. The molecular weight excluding hydrogens is 172 g/mol. The fourth-order valence-corrected chi connectivity index (χ4v) is 1.02. The lowest BCUT2D eigenvalue weighted by atomic mass is 10.1. The Morgan fingerprint density at radius 2 is 2.15 bits per heavy atom. The number of methoxy groups -OCH3 is 1. The van der Waals surface area contributed by atoms with Crippen molar-refractivity contribution >= 4 is 11.4 Å². The number of rotatable bonds is 2. The summed E-state index contributed by atoms with van der Waals surface area (Å²) in [4.78, 5) is 9.96. The number of nitro groups is 1. The normalized spacial score (nSPS) is 9.69. The minimum atomic E-state index is -0.477.